The molecule has 0 aromatic heterocycles. The number of aryl methyl sites for hydroxylation is 1. The molecule has 0 amide bonds. The maximum absolute atomic E-state index is 12.5. The van der Waals surface area contributed by atoms with Gasteiger partial charge in [-0.25, -0.2) is 8.42 Å². The van der Waals surface area contributed by atoms with Crippen LogP contribution in [0.5, 0.6) is 0 Å². The lowest BCUT2D eigenvalue weighted by molar-refractivity contribution is 0.574. The second-order valence-electron chi connectivity index (χ2n) is 5.17. The lowest BCUT2D eigenvalue weighted by Crippen LogP contribution is -2.40. The normalized spacial score (nSPS) is 12.5. The van der Waals surface area contributed by atoms with Crippen LogP contribution in [0.15, 0.2) is 22.7 Å². The number of hydrogen-bond donors (Lipinski definition) is 1. The molecule has 106 valence electrons. The zero-order valence-electron chi connectivity index (χ0n) is 11.7. The van der Waals surface area contributed by atoms with E-state index >= 15 is 0 Å². The number of rotatable bonds is 5. The molecule has 0 spiro atoms. The quantitative estimate of drug-likeness (QED) is 0.823. The van der Waals surface area contributed by atoms with Gasteiger partial charge in [0.05, 0.1) is 5.75 Å². The minimum Gasteiger partial charge on any atom is -0.308 e. The molecule has 0 aliphatic carbocycles. The third-order valence-corrected chi connectivity index (χ3v) is 6.50. The van der Waals surface area contributed by atoms with Crippen molar-refractivity contribution in [3.8, 4) is 0 Å². The Morgan fingerprint density at radius 2 is 1.95 bits per heavy atom. The molecule has 0 saturated carbocycles. The fourth-order valence-electron chi connectivity index (χ4n) is 1.79. The molecule has 1 aromatic rings. The minimum atomic E-state index is -3.41. The van der Waals surface area contributed by atoms with Gasteiger partial charge < -0.3 is 5.41 Å². The molecule has 0 heterocycles. The van der Waals surface area contributed by atoms with E-state index < -0.39 is 14.6 Å². The van der Waals surface area contributed by atoms with E-state index in [1.54, 1.807) is 13.8 Å². The van der Waals surface area contributed by atoms with E-state index in [9.17, 15) is 8.42 Å². The Bertz CT molecular complexity index is 591. The Morgan fingerprint density at radius 3 is 2.47 bits per heavy atom. The van der Waals surface area contributed by atoms with Gasteiger partial charge in [-0.05, 0) is 50.5 Å². The zero-order chi connectivity index (χ0) is 14.8. The number of nitrogens with one attached hydrogen (secondary N) is 1. The van der Waals surface area contributed by atoms with Crippen molar-refractivity contribution >= 4 is 31.5 Å². The van der Waals surface area contributed by atoms with Crippen LogP contribution < -0.4 is 0 Å². The molecule has 0 fully saturated rings. The largest absolute Gasteiger partial charge is 0.308 e. The summed E-state index contributed by atoms with van der Waals surface area (Å²) in [6.07, 6.45) is 0.448. The van der Waals surface area contributed by atoms with Gasteiger partial charge in [0.1, 0.15) is 4.75 Å². The van der Waals surface area contributed by atoms with Crippen molar-refractivity contribution in [2.75, 3.05) is 0 Å². The van der Waals surface area contributed by atoms with E-state index in [-0.39, 0.29) is 11.5 Å². The third kappa shape index (κ3) is 3.45. The fourth-order valence-corrected chi connectivity index (χ4v) is 3.80. The number of benzene rings is 1. The van der Waals surface area contributed by atoms with Crippen molar-refractivity contribution in [3.05, 3.63) is 33.8 Å². The molecule has 0 saturated heterocycles. The van der Waals surface area contributed by atoms with Crippen molar-refractivity contribution in [2.45, 2.75) is 44.6 Å². The molecule has 0 aliphatic rings. The van der Waals surface area contributed by atoms with E-state index in [1.165, 1.54) is 0 Å². The Labute approximate surface area is 124 Å². The molecule has 0 unspecified atom stereocenters. The summed E-state index contributed by atoms with van der Waals surface area (Å²) >= 11 is 3.36. The average Bonchev–Trinajstić information content (AvgIpc) is 2.32. The summed E-state index contributed by atoms with van der Waals surface area (Å²) < 4.78 is 24.8. The monoisotopic (exact) mass is 345 g/mol. The van der Waals surface area contributed by atoms with Crippen LogP contribution in [-0.4, -0.2) is 18.9 Å². The van der Waals surface area contributed by atoms with E-state index in [0.717, 1.165) is 15.6 Å². The average molecular weight is 346 g/mol. The van der Waals surface area contributed by atoms with Crippen molar-refractivity contribution in [2.24, 2.45) is 0 Å². The number of halogens is 1. The van der Waals surface area contributed by atoms with Crippen molar-refractivity contribution in [1.29, 1.82) is 5.41 Å². The van der Waals surface area contributed by atoms with Crippen LogP contribution in [0.2, 0.25) is 0 Å². The van der Waals surface area contributed by atoms with Gasteiger partial charge in [-0.3, -0.25) is 0 Å². The summed E-state index contributed by atoms with van der Waals surface area (Å²) in [6.45, 7) is 6.93. The maximum Gasteiger partial charge on any atom is 0.164 e. The predicted molar refractivity (Wildman–Crippen MR) is 83.6 cm³/mol. The lowest BCUT2D eigenvalue weighted by Gasteiger charge is -2.25. The Balaban J connectivity index is 3.17. The highest BCUT2D eigenvalue weighted by atomic mass is 79.9. The van der Waals surface area contributed by atoms with E-state index in [1.807, 2.05) is 32.0 Å². The molecule has 3 nitrogen and oxygen atoms in total. The standard InChI is InChI=1S/C14H20BrNO2S/c1-5-13(16)14(3,4)19(17,18)9-11-8-12(15)7-6-10(11)2/h6-8,16H,5,9H2,1-4H3. The molecule has 19 heavy (non-hydrogen) atoms. The predicted octanol–water partition coefficient (Wildman–Crippen LogP) is 3.88. The topological polar surface area (TPSA) is 58.0 Å². The van der Waals surface area contributed by atoms with Gasteiger partial charge in [-0.2, -0.15) is 0 Å². The van der Waals surface area contributed by atoms with Crippen LogP contribution in [0.3, 0.4) is 0 Å². The Morgan fingerprint density at radius 1 is 1.37 bits per heavy atom. The SMILES string of the molecule is CCC(=N)C(C)(C)S(=O)(=O)Cc1cc(Br)ccc1C. The van der Waals surface area contributed by atoms with E-state index in [2.05, 4.69) is 15.9 Å². The third-order valence-electron chi connectivity index (χ3n) is 3.51. The molecule has 0 atom stereocenters. The summed E-state index contributed by atoms with van der Waals surface area (Å²) in [4.78, 5) is 0. The fraction of sp³-hybridized carbons (Fsp3) is 0.500. The van der Waals surface area contributed by atoms with E-state index in [4.69, 9.17) is 5.41 Å². The van der Waals surface area contributed by atoms with Crippen LogP contribution in [0.1, 0.15) is 38.3 Å². The number of sulfone groups is 1. The second kappa shape index (κ2) is 5.75. The van der Waals surface area contributed by atoms with Gasteiger partial charge in [0.25, 0.3) is 0 Å². The first-order chi connectivity index (χ1) is 8.61. The van der Waals surface area contributed by atoms with Gasteiger partial charge in [0.15, 0.2) is 9.84 Å². The molecule has 5 heteroatoms. The minimum absolute atomic E-state index is 0.0341. The Hall–Kier alpha value is -0.680. The van der Waals surface area contributed by atoms with Crippen LogP contribution in [0.25, 0.3) is 0 Å². The first kappa shape index (κ1) is 16.4. The van der Waals surface area contributed by atoms with Gasteiger partial charge >= 0.3 is 0 Å². The van der Waals surface area contributed by atoms with Gasteiger partial charge in [0, 0.05) is 10.2 Å². The first-order valence-corrected chi connectivity index (χ1v) is 8.61. The molecule has 1 N–H and O–H groups in total. The number of hydrogen-bond acceptors (Lipinski definition) is 3. The van der Waals surface area contributed by atoms with Crippen molar-refractivity contribution in [3.63, 3.8) is 0 Å². The summed E-state index contributed by atoms with van der Waals surface area (Å²) in [5.74, 6) is -0.0341. The summed E-state index contributed by atoms with van der Waals surface area (Å²) in [6, 6.07) is 5.62. The van der Waals surface area contributed by atoms with Crippen LogP contribution in [0, 0.1) is 12.3 Å². The molecular formula is C14H20BrNO2S. The van der Waals surface area contributed by atoms with E-state index in [0.29, 0.717) is 6.42 Å². The molecule has 0 aliphatic heterocycles. The summed E-state index contributed by atoms with van der Waals surface area (Å²) in [5.41, 5.74) is 1.98. The first-order valence-electron chi connectivity index (χ1n) is 6.17. The zero-order valence-corrected chi connectivity index (χ0v) is 14.2. The smallest absolute Gasteiger partial charge is 0.164 e. The lowest BCUT2D eigenvalue weighted by atomic mass is 10.1. The van der Waals surface area contributed by atoms with Gasteiger partial charge in [-0.1, -0.05) is 28.9 Å². The molecule has 0 bridgehead atoms. The van der Waals surface area contributed by atoms with Crippen molar-refractivity contribution in [1.82, 2.24) is 0 Å². The highest BCUT2D eigenvalue weighted by Gasteiger charge is 2.37. The highest BCUT2D eigenvalue weighted by Crippen LogP contribution is 2.26. The molecule has 0 radical (unpaired) electrons. The van der Waals surface area contributed by atoms with Crippen LogP contribution in [-0.2, 0) is 15.6 Å². The molecule has 1 aromatic carbocycles. The van der Waals surface area contributed by atoms with Gasteiger partial charge in [-0.15, -0.1) is 0 Å². The van der Waals surface area contributed by atoms with Crippen molar-refractivity contribution < 1.29 is 8.42 Å². The van der Waals surface area contributed by atoms with Crippen LogP contribution in [0.4, 0.5) is 0 Å². The summed E-state index contributed by atoms with van der Waals surface area (Å²) in [7, 11) is -3.41. The summed E-state index contributed by atoms with van der Waals surface area (Å²) in [5, 5.41) is 7.87. The van der Waals surface area contributed by atoms with Gasteiger partial charge in [0.2, 0.25) is 0 Å². The molecular weight excluding hydrogens is 326 g/mol. The maximum atomic E-state index is 12.5. The molecule has 1 rings (SSSR count). The second-order valence-corrected chi connectivity index (χ2v) is 8.63. The van der Waals surface area contributed by atoms with Crippen LogP contribution >= 0.6 is 15.9 Å². The Kier molecular flexibility index (Phi) is 4.96. The highest BCUT2D eigenvalue weighted by molar-refractivity contribution is 9.10.